The molecular formula is C25H36N2O3. The molecule has 0 heterocycles. The zero-order valence-electron chi connectivity index (χ0n) is 18.4. The summed E-state index contributed by atoms with van der Waals surface area (Å²) >= 11 is 0. The van der Waals surface area contributed by atoms with Crippen molar-refractivity contribution in [1.82, 2.24) is 5.43 Å². The zero-order chi connectivity index (χ0) is 21.6. The van der Waals surface area contributed by atoms with Gasteiger partial charge >= 0.3 is 0 Å². The van der Waals surface area contributed by atoms with Gasteiger partial charge in [-0.1, -0.05) is 50.7 Å². The van der Waals surface area contributed by atoms with Crippen LogP contribution in [0.5, 0.6) is 11.5 Å². The Morgan fingerprint density at radius 3 is 1.97 bits per heavy atom. The summed E-state index contributed by atoms with van der Waals surface area (Å²) in [6.45, 7) is 5.71. The Morgan fingerprint density at radius 1 is 0.800 bits per heavy atom. The maximum absolute atomic E-state index is 11.4. The second kappa shape index (κ2) is 13.6. The molecule has 0 bridgehead atoms. The molecule has 164 valence electrons. The molecule has 0 aliphatic heterocycles. The van der Waals surface area contributed by atoms with Gasteiger partial charge in [0.15, 0.2) is 0 Å². The van der Waals surface area contributed by atoms with Crippen LogP contribution in [0, 0.1) is 13.8 Å². The number of hydrazine groups is 1. The lowest BCUT2D eigenvalue weighted by molar-refractivity contribution is 0.0953. The highest BCUT2D eigenvalue weighted by Gasteiger charge is 2.03. The van der Waals surface area contributed by atoms with Gasteiger partial charge in [0.05, 0.1) is 13.2 Å². The van der Waals surface area contributed by atoms with Crippen LogP contribution in [0.2, 0.25) is 0 Å². The highest BCUT2D eigenvalue weighted by atomic mass is 16.5. The highest BCUT2D eigenvalue weighted by molar-refractivity contribution is 5.93. The first-order valence-electron chi connectivity index (χ1n) is 11.0. The van der Waals surface area contributed by atoms with Gasteiger partial charge in [-0.25, -0.2) is 5.84 Å². The molecule has 2 rings (SSSR count). The first-order valence-corrected chi connectivity index (χ1v) is 11.0. The van der Waals surface area contributed by atoms with Crippen molar-refractivity contribution in [1.29, 1.82) is 0 Å². The van der Waals surface area contributed by atoms with Crippen LogP contribution in [0.3, 0.4) is 0 Å². The van der Waals surface area contributed by atoms with Crippen molar-refractivity contribution >= 4 is 5.91 Å². The van der Waals surface area contributed by atoms with Crippen LogP contribution in [-0.4, -0.2) is 19.1 Å². The Labute approximate surface area is 180 Å². The molecule has 2 aromatic rings. The molecule has 0 unspecified atom stereocenters. The summed E-state index contributed by atoms with van der Waals surface area (Å²) in [6.07, 6.45) is 9.67. The summed E-state index contributed by atoms with van der Waals surface area (Å²) < 4.78 is 11.6. The molecule has 5 heteroatoms. The summed E-state index contributed by atoms with van der Waals surface area (Å²) in [6, 6.07) is 13.4. The van der Waals surface area contributed by atoms with Gasteiger partial charge in [-0.15, -0.1) is 0 Å². The molecule has 0 atom stereocenters. The highest BCUT2D eigenvalue weighted by Crippen LogP contribution is 2.19. The van der Waals surface area contributed by atoms with Crippen LogP contribution in [-0.2, 0) is 0 Å². The van der Waals surface area contributed by atoms with Gasteiger partial charge in [0.1, 0.15) is 11.5 Å². The van der Waals surface area contributed by atoms with E-state index in [1.807, 2.05) is 0 Å². The molecule has 0 radical (unpaired) electrons. The standard InChI is InChI=1S/C25H36N2O3/c1-20-11-12-21(2)24(19-20)30-18-10-8-6-4-3-5-7-9-17-29-23-15-13-22(14-16-23)25(28)27-26/h11-16,19H,3-10,17-18,26H2,1-2H3,(H,27,28). The van der Waals surface area contributed by atoms with Gasteiger partial charge in [-0.2, -0.15) is 0 Å². The monoisotopic (exact) mass is 412 g/mol. The summed E-state index contributed by atoms with van der Waals surface area (Å²) in [4.78, 5) is 11.4. The second-order valence-electron chi connectivity index (χ2n) is 7.79. The third-order valence-corrected chi connectivity index (χ3v) is 5.16. The molecule has 0 saturated carbocycles. The Hall–Kier alpha value is -2.53. The summed E-state index contributed by atoms with van der Waals surface area (Å²) in [5.74, 6) is 6.63. The number of nitrogens with one attached hydrogen (secondary N) is 1. The lowest BCUT2D eigenvalue weighted by Crippen LogP contribution is -2.29. The minimum Gasteiger partial charge on any atom is -0.494 e. The van der Waals surface area contributed by atoms with Crippen LogP contribution < -0.4 is 20.7 Å². The molecule has 0 saturated heterocycles. The van der Waals surface area contributed by atoms with Crippen LogP contribution in [0.15, 0.2) is 42.5 Å². The third kappa shape index (κ3) is 8.87. The number of ether oxygens (including phenoxy) is 2. The summed E-state index contributed by atoms with van der Waals surface area (Å²) in [5.41, 5.74) is 5.10. The van der Waals surface area contributed by atoms with E-state index in [-0.39, 0.29) is 5.91 Å². The van der Waals surface area contributed by atoms with E-state index < -0.39 is 0 Å². The van der Waals surface area contributed by atoms with Crippen LogP contribution >= 0.6 is 0 Å². The molecule has 0 aliphatic rings. The topological polar surface area (TPSA) is 73.6 Å². The number of benzene rings is 2. The predicted molar refractivity (Wildman–Crippen MR) is 122 cm³/mol. The van der Waals surface area contributed by atoms with Crippen molar-refractivity contribution in [2.24, 2.45) is 5.84 Å². The molecule has 3 N–H and O–H groups in total. The van der Waals surface area contributed by atoms with E-state index in [9.17, 15) is 4.79 Å². The van der Waals surface area contributed by atoms with Crippen LogP contribution in [0.1, 0.15) is 72.9 Å². The van der Waals surface area contributed by atoms with E-state index in [2.05, 4.69) is 37.5 Å². The number of rotatable bonds is 14. The van der Waals surface area contributed by atoms with E-state index >= 15 is 0 Å². The molecule has 0 aromatic heterocycles. The summed E-state index contributed by atoms with van der Waals surface area (Å²) in [5, 5.41) is 0. The van der Waals surface area contributed by atoms with Gasteiger partial charge < -0.3 is 9.47 Å². The number of hydrogen-bond donors (Lipinski definition) is 2. The number of aryl methyl sites for hydroxylation is 2. The fourth-order valence-electron chi connectivity index (χ4n) is 3.29. The van der Waals surface area contributed by atoms with Crippen molar-refractivity contribution in [3.63, 3.8) is 0 Å². The number of nitrogen functional groups attached to an aromatic ring is 1. The average Bonchev–Trinajstić information content (AvgIpc) is 2.76. The number of amides is 1. The second-order valence-corrected chi connectivity index (χ2v) is 7.79. The molecule has 0 aliphatic carbocycles. The first kappa shape index (κ1) is 23.7. The van der Waals surface area contributed by atoms with Crippen LogP contribution in [0.25, 0.3) is 0 Å². The average molecular weight is 413 g/mol. The van der Waals surface area contributed by atoms with Gasteiger partial charge in [-0.05, 0) is 68.1 Å². The summed E-state index contributed by atoms with van der Waals surface area (Å²) in [7, 11) is 0. The number of unbranched alkanes of at least 4 members (excludes halogenated alkanes) is 7. The molecular weight excluding hydrogens is 376 g/mol. The largest absolute Gasteiger partial charge is 0.494 e. The van der Waals surface area contributed by atoms with Crippen molar-refractivity contribution in [2.75, 3.05) is 13.2 Å². The predicted octanol–water partition coefficient (Wildman–Crippen LogP) is 5.49. The Bertz CT molecular complexity index is 759. The Kier molecular flexibility index (Phi) is 10.8. The molecule has 0 fully saturated rings. The van der Waals surface area contributed by atoms with E-state index in [1.54, 1.807) is 24.3 Å². The quantitative estimate of drug-likeness (QED) is 0.186. The molecule has 2 aromatic carbocycles. The number of hydrogen-bond acceptors (Lipinski definition) is 4. The fraction of sp³-hybridized carbons (Fsp3) is 0.480. The van der Waals surface area contributed by atoms with Gasteiger partial charge in [0, 0.05) is 5.56 Å². The maximum atomic E-state index is 11.4. The van der Waals surface area contributed by atoms with E-state index in [0.717, 1.165) is 30.9 Å². The lowest BCUT2D eigenvalue weighted by atomic mass is 10.1. The normalized spacial score (nSPS) is 10.6. The first-order chi connectivity index (χ1) is 14.6. The van der Waals surface area contributed by atoms with Gasteiger partial charge in [-0.3, -0.25) is 10.2 Å². The van der Waals surface area contributed by atoms with Crippen molar-refractivity contribution in [2.45, 2.75) is 65.2 Å². The van der Waals surface area contributed by atoms with Gasteiger partial charge in [0.25, 0.3) is 5.91 Å². The Balaban J connectivity index is 1.41. The Morgan fingerprint density at radius 2 is 1.37 bits per heavy atom. The van der Waals surface area contributed by atoms with Crippen LogP contribution in [0.4, 0.5) is 0 Å². The van der Waals surface area contributed by atoms with E-state index in [1.165, 1.54) is 49.7 Å². The lowest BCUT2D eigenvalue weighted by Gasteiger charge is -2.10. The smallest absolute Gasteiger partial charge is 0.265 e. The van der Waals surface area contributed by atoms with Crippen molar-refractivity contribution in [3.8, 4) is 11.5 Å². The molecule has 30 heavy (non-hydrogen) atoms. The minimum atomic E-state index is -0.296. The van der Waals surface area contributed by atoms with Crippen molar-refractivity contribution < 1.29 is 14.3 Å². The van der Waals surface area contributed by atoms with E-state index in [0.29, 0.717) is 12.2 Å². The van der Waals surface area contributed by atoms with E-state index in [4.69, 9.17) is 15.3 Å². The molecule has 0 spiro atoms. The molecule has 1 amide bonds. The number of nitrogens with two attached hydrogens (primary N) is 1. The fourth-order valence-corrected chi connectivity index (χ4v) is 3.29. The van der Waals surface area contributed by atoms with Gasteiger partial charge in [0.2, 0.25) is 0 Å². The number of carbonyl (C=O) groups excluding carboxylic acids is 1. The third-order valence-electron chi connectivity index (χ3n) is 5.16. The minimum absolute atomic E-state index is 0.296. The SMILES string of the molecule is Cc1ccc(C)c(OCCCCCCCCCCOc2ccc(C(=O)NN)cc2)c1. The zero-order valence-corrected chi connectivity index (χ0v) is 18.4. The maximum Gasteiger partial charge on any atom is 0.265 e. The molecule has 5 nitrogen and oxygen atoms in total. The number of carbonyl (C=O) groups is 1. The van der Waals surface area contributed by atoms with Crippen molar-refractivity contribution in [3.05, 3.63) is 59.2 Å².